The van der Waals surface area contributed by atoms with Crippen molar-refractivity contribution in [2.24, 2.45) is 0 Å². The molecule has 6 heteroatoms. The van der Waals surface area contributed by atoms with Gasteiger partial charge >= 0.3 is 6.09 Å². The second-order valence-electron chi connectivity index (χ2n) is 4.85. The fourth-order valence-corrected chi connectivity index (χ4v) is 1.33. The summed E-state index contributed by atoms with van der Waals surface area (Å²) in [6.45, 7) is 6.05. The van der Waals surface area contributed by atoms with Crippen LogP contribution in [0, 0.1) is 11.3 Å². The van der Waals surface area contributed by atoms with Gasteiger partial charge in [-0.1, -0.05) is 6.42 Å². The lowest BCUT2D eigenvalue weighted by Crippen LogP contribution is -2.42. The van der Waals surface area contributed by atoms with Crippen LogP contribution in [0.2, 0.25) is 0 Å². The summed E-state index contributed by atoms with van der Waals surface area (Å²) in [5.74, 6) is 0. The highest BCUT2D eigenvalue weighted by molar-refractivity contribution is 7.80. The monoisotopic (exact) mass is 271 g/mol. The minimum absolute atomic E-state index is 0.268. The van der Waals surface area contributed by atoms with Gasteiger partial charge in [0.05, 0.1) is 6.07 Å². The summed E-state index contributed by atoms with van der Waals surface area (Å²) >= 11 is 4.94. The van der Waals surface area contributed by atoms with E-state index in [-0.39, 0.29) is 5.11 Å². The number of hydrogen-bond donors (Lipinski definition) is 2. The number of carbonyl (C=O) groups excluding carboxylic acids is 1. The Morgan fingerprint density at radius 3 is 2.56 bits per heavy atom. The predicted octanol–water partition coefficient (Wildman–Crippen LogP) is 2.47. The summed E-state index contributed by atoms with van der Waals surface area (Å²) in [6.07, 6.45) is 2.81. The summed E-state index contributed by atoms with van der Waals surface area (Å²) in [5.41, 5.74) is -0.531. The van der Waals surface area contributed by atoms with E-state index in [2.05, 4.69) is 16.7 Å². The number of thiocarbonyl (C=S) groups is 1. The fraction of sp³-hybridized carbons (Fsp3) is 0.750. The molecule has 0 bridgehead atoms. The van der Waals surface area contributed by atoms with Crippen molar-refractivity contribution >= 4 is 23.4 Å². The average Bonchev–Trinajstić information content (AvgIpc) is 2.20. The summed E-state index contributed by atoms with van der Waals surface area (Å²) in [5, 5.41) is 14.0. The van der Waals surface area contributed by atoms with Crippen molar-refractivity contribution < 1.29 is 9.53 Å². The zero-order chi connectivity index (χ0) is 14.0. The molecular formula is C12H21N3O2S. The van der Waals surface area contributed by atoms with Crippen LogP contribution in [0.15, 0.2) is 0 Å². The van der Waals surface area contributed by atoms with Crippen molar-refractivity contribution in [3.63, 3.8) is 0 Å². The third-order valence-electron chi connectivity index (χ3n) is 1.87. The van der Waals surface area contributed by atoms with Gasteiger partial charge in [0.25, 0.3) is 0 Å². The van der Waals surface area contributed by atoms with E-state index in [0.29, 0.717) is 13.0 Å². The third kappa shape index (κ3) is 11.1. The van der Waals surface area contributed by atoms with Crippen molar-refractivity contribution in [1.29, 1.82) is 5.26 Å². The quantitative estimate of drug-likeness (QED) is 0.593. The summed E-state index contributed by atoms with van der Waals surface area (Å²) in [7, 11) is 0. The summed E-state index contributed by atoms with van der Waals surface area (Å²) in [6, 6.07) is 2.10. The van der Waals surface area contributed by atoms with E-state index in [1.807, 2.05) is 0 Å². The number of nitrogens with one attached hydrogen (secondary N) is 2. The Morgan fingerprint density at radius 1 is 1.33 bits per heavy atom. The molecule has 18 heavy (non-hydrogen) atoms. The molecule has 0 saturated carbocycles. The topological polar surface area (TPSA) is 74.2 Å². The van der Waals surface area contributed by atoms with Gasteiger partial charge in [-0.15, -0.1) is 0 Å². The zero-order valence-electron chi connectivity index (χ0n) is 11.2. The van der Waals surface area contributed by atoms with Crippen LogP contribution < -0.4 is 10.6 Å². The molecule has 0 aliphatic rings. The molecule has 0 aromatic rings. The van der Waals surface area contributed by atoms with Crippen LogP contribution in [0.1, 0.15) is 46.5 Å². The highest BCUT2D eigenvalue weighted by Crippen LogP contribution is 2.06. The highest BCUT2D eigenvalue weighted by Gasteiger charge is 2.16. The average molecular weight is 271 g/mol. The number of ether oxygens (including phenoxy) is 1. The predicted molar refractivity (Wildman–Crippen MR) is 74.1 cm³/mol. The van der Waals surface area contributed by atoms with E-state index in [4.69, 9.17) is 22.2 Å². The fourth-order valence-electron chi connectivity index (χ4n) is 1.15. The Kier molecular flexibility index (Phi) is 8.05. The first-order valence-electron chi connectivity index (χ1n) is 6.00. The van der Waals surface area contributed by atoms with Gasteiger partial charge < -0.3 is 10.1 Å². The third-order valence-corrected chi connectivity index (χ3v) is 2.11. The van der Waals surface area contributed by atoms with Gasteiger partial charge in [0.15, 0.2) is 5.11 Å². The molecule has 0 aromatic heterocycles. The second-order valence-corrected chi connectivity index (χ2v) is 5.26. The van der Waals surface area contributed by atoms with Gasteiger partial charge in [0, 0.05) is 13.0 Å². The largest absolute Gasteiger partial charge is 0.444 e. The summed E-state index contributed by atoms with van der Waals surface area (Å²) in [4.78, 5) is 11.3. The maximum Gasteiger partial charge on any atom is 0.413 e. The number of unbranched alkanes of at least 4 members (excludes halogenated alkanes) is 3. The van der Waals surface area contributed by atoms with E-state index in [1.54, 1.807) is 20.8 Å². The van der Waals surface area contributed by atoms with Crippen LogP contribution >= 0.6 is 12.2 Å². The van der Waals surface area contributed by atoms with E-state index in [9.17, 15) is 4.79 Å². The number of nitrogens with zero attached hydrogens (tertiary/aromatic N) is 1. The molecule has 0 atom stereocenters. The van der Waals surface area contributed by atoms with Crippen LogP contribution in [-0.2, 0) is 4.74 Å². The number of alkyl carbamates (subject to hydrolysis) is 1. The Morgan fingerprint density at radius 2 is 2.00 bits per heavy atom. The molecule has 102 valence electrons. The van der Waals surface area contributed by atoms with Crippen molar-refractivity contribution in [2.45, 2.75) is 52.1 Å². The van der Waals surface area contributed by atoms with E-state index in [0.717, 1.165) is 19.3 Å². The SMILES string of the molecule is CC(C)(C)OC(=O)NC(=S)NCCCCCC#N. The Bertz CT molecular complexity index is 318. The van der Waals surface area contributed by atoms with Crippen LogP contribution in [0.5, 0.6) is 0 Å². The molecule has 0 rings (SSSR count). The number of amides is 1. The van der Waals surface area contributed by atoms with Crippen LogP contribution in [0.3, 0.4) is 0 Å². The van der Waals surface area contributed by atoms with Crippen molar-refractivity contribution in [3.8, 4) is 6.07 Å². The maximum atomic E-state index is 11.3. The molecule has 0 saturated heterocycles. The molecule has 0 aromatic carbocycles. The first-order valence-corrected chi connectivity index (χ1v) is 6.41. The van der Waals surface area contributed by atoms with E-state index >= 15 is 0 Å². The smallest absolute Gasteiger partial charge is 0.413 e. The minimum atomic E-state index is -0.551. The number of carbonyl (C=O) groups is 1. The standard InChI is InChI=1S/C12H21N3O2S/c1-12(2,3)17-11(16)15-10(18)14-9-7-5-4-6-8-13/h4-7,9H2,1-3H3,(H2,14,15,16,18). The molecule has 2 N–H and O–H groups in total. The van der Waals surface area contributed by atoms with Gasteiger partial charge in [0.2, 0.25) is 0 Å². The molecule has 5 nitrogen and oxygen atoms in total. The molecular weight excluding hydrogens is 250 g/mol. The minimum Gasteiger partial charge on any atom is -0.444 e. The lowest BCUT2D eigenvalue weighted by molar-refractivity contribution is 0.0562. The van der Waals surface area contributed by atoms with E-state index in [1.165, 1.54) is 0 Å². The van der Waals surface area contributed by atoms with Crippen LogP contribution in [-0.4, -0.2) is 23.4 Å². The lowest BCUT2D eigenvalue weighted by Gasteiger charge is -2.20. The zero-order valence-corrected chi connectivity index (χ0v) is 12.0. The molecule has 0 radical (unpaired) electrons. The van der Waals surface area contributed by atoms with Crippen LogP contribution in [0.4, 0.5) is 4.79 Å². The Labute approximate surface area is 114 Å². The second kappa shape index (κ2) is 8.70. The first-order chi connectivity index (χ1) is 8.35. The van der Waals surface area contributed by atoms with Gasteiger partial charge in [-0.05, 0) is 45.8 Å². The van der Waals surface area contributed by atoms with Crippen molar-refractivity contribution in [2.75, 3.05) is 6.54 Å². The van der Waals surface area contributed by atoms with Gasteiger partial charge in [-0.2, -0.15) is 5.26 Å². The van der Waals surface area contributed by atoms with Gasteiger partial charge in [-0.25, -0.2) is 4.79 Å². The van der Waals surface area contributed by atoms with E-state index < -0.39 is 11.7 Å². The van der Waals surface area contributed by atoms with Crippen molar-refractivity contribution in [3.05, 3.63) is 0 Å². The molecule has 1 amide bonds. The number of hydrogen-bond acceptors (Lipinski definition) is 4. The maximum absolute atomic E-state index is 11.3. The van der Waals surface area contributed by atoms with Crippen molar-refractivity contribution in [1.82, 2.24) is 10.6 Å². The molecule has 0 heterocycles. The van der Waals surface area contributed by atoms with Crippen LogP contribution in [0.25, 0.3) is 0 Å². The highest BCUT2D eigenvalue weighted by atomic mass is 32.1. The summed E-state index contributed by atoms with van der Waals surface area (Å²) < 4.78 is 5.05. The molecule has 0 aliphatic heterocycles. The normalized spacial score (nSPS) is 10.3. The first kappa shape index (κ1) is 16.6. The molecule has 0 spiro atoms. The molecule has 0 unspecified atom stereocenters. The number of rotatable bonds is 5. The molecule has 0 fully saturated rings. The Balaban J connectivity index is 3.60. The van der Waals surface area contributed by atoms with Gasteiger partial charge in [0.1, 0.15) is 5.60 Å². The lowest BCUT2D eigenvalue weighted by atomic mass is 10.2. The molecule has 0 aliphatic carbocycles. The van der Waals surface area contributed by atoms with Gasteiger partial charge in [-0.3, -0.25) is 5.32 Å². The number of nitriles is 1. The Hall–Kier alpha value is -1.35.